The zero-order valence-corrected chi connectivity index (χ0v) is 19.0. The van der Waals surface area contributed by atoms with Crippen molar-refractivity contribution in [2.24, 2.45) is 5.73 Å². The van der Waals surface area contributed by atoms with Crippen LogP contribution in [0.5, 0.6) is 0 Å². The molecule has 160 valence electrons. The molecular formula is C22H35N3O3Si. The van der Waals surface area contributed by atoms with E-state index in [1.165, 1.54) is 0 Å². The maximum atomic E-state index is 12.7. The Labute approximate surface area is 176 Å². The van der Waals surface area contributed by atoms with Crippen molar-refractivity contribution in [1.82, 2.24) is 9.80 Å². The lowest BCUT2D eigenvalue weighted by atomic mass is 10.1. The Morgan fingerprint density at radius 1 is 1.34 bits per heavy atom. The summed E-state index contributed by atoms with van der Waals surface area (Å²) in [6.07, 6.45) is 4.68. The van der Waals surface area contributed by atoms with Crippen LogP contribution >= 0.6 is 0 Å². The van der Waals surface area contributed by atoms with Crippen LogP contribution in [0, 0.1) is 0 Å². The van der Waals surface area contributed by atoms with E-state index in [0.717, 1.165) is 30.1 Å². The number of amides is 1. The normalized spacial score (nSPS) is 17.3. The molecule has 2 rings (SSSR count). The molecule has 2 N–H and O–H groups in total. The van der Waals surface area contributed by atoms with Crippen molar-refractivity contribution in [3.05, 3.63) is 60.6 Å². The highest BCUT2D eigenvalue weighted by atomic mass is 28.3. The molecule has 1 fully saturated rings. The van der Waals surface area contributed by atoms with Gasteiger partial charge in [0.1, 0.15) is 13.3 Å². The first kappa shape index (κ1) is 23.0. The van der Waals surface area contributed by atoms with E-state index in [2.05, 4.69) is 26.2 Å². The lowest BCUT2D eigenvalue weighted by Crippen LogP contribution is -2.41. The maximum absolute atomic E-state index is 12.7. The lowest BCUT2D eigenvalue weighted by molar-refractivity contribution is 0.0635. The predicted octanol–water partition coefficient (Wildman–Crippen LogP) is 4.35. The first-order valence-corrected chi connectivity index (χ1v) is 13.9. The van der Waals surface area contributed by atoms with Crippen LogP contribution in [0.3, 0.4) is 0 Å². The van der Waals surface area contributed by atoms with E-state index in [9.17, 15) is 4.79 Å². The van der Waals surface area contributed by atoms with Gasteiger partial charge in [0.15, 0.2) is 0 Å². The highest BCUT2D eigenvalue weighted by Gasteiger charge is 2.34. The smallest absolute Gasteiger partial charge is 0.410 e. The SMILES string of the molecule is C=CN(COCC[Si](C)(C)C)/C(=C\N)[C@@H]1CCCN1C(=O)OCc1ccccc1. The van der Waals surface area contributed by atoms with Crippen molar-refractivity contribution in [3.63, 3.8) is 0 Å². The van der Waals surface area contributed by atoms with Gasteiger partial charge in [0.2, 0.25) is 0 Å². The minimum absolute atomic E-state index is 0.137. The maximum Gasteiger partial charge on any atom is 0.410 e. The Morgan fingerprint density at radius 3 is 2.69 bits per heavy atom. The van der Waals surface area contributed by atoms with Crippen LogP contribution in [-0.4, -0.2) is 49.9 Å². The van der Waals surface area contributed by atoms with Crippen LogP contribution in [0.25, 0.3) is 0 Å². The molecular weight excluding hydrogens is 382 g/mol. The Balaban J connectivity index is 1.94. The lowest BCUT2D eigenvalue weighted by Gasteiger charge is -2.32. The molecule has 0 spiro atoms. The van der Waals surface area contributed by atoms with E-state index < -0.39 is 8.07 Å². The zero-order valence-electron chi connectivity index (χ0n) is 18.0. The fraction of sp³-hybridized carbons (Fsp3) is 0.500. The number of nitrogens with zero attached hydrogens (tertiary/aromatic N) is 2. The molecule has 0 aromatic heterocycles. The number of hydrogen-bond donors (Lipinski definition) is 1. The van der Waals surface area contributed by atoms with E-state index in [-0.39, 0.29) is 18.7 Å². The van der Waals surface area contributed by atoms with Gasteiger partial charge in [-0.2, -0.15) is 0 Å². The van der Waals surface area contributed by atoms with Gasteiger partial charge < -0.3 is 20.1 Å². The van der Waals surface area contributed by atoms with Crippen molar-refractivity contribution >= 4 is 14.2 Å². The molecule has 0 saturated carbocycles. The van der Waals surface area contributed by atoms with Gasteiger partial charge in [0.05, 0.1) is 11.7 Å². The number of nitrogens with two attached hydrogens (primary N) is 1. The summed E-state index contributed by atoms with van der Waals surface area (Å²) in [4.78, 5) is 16.3. The van der Waals surface area contributed by atoms with Gasteiger partial charge in [0, 0.05) is 27.4 Å². The molecule has 0 aliphatic carbocycles. The van der Waals surface area contributed by atoms with Crippen LogP contribution in [0.15, 0.2) is 55.0 Å². The minimum atomic E-state index is -1.14. The standard InChI is InChI=1S/C22H35N3O3Si/c1-5-24(18-27-14-15-29(2,3)4)21(16-23)20-12-9-13-25(20)22(26)28-17-19-10-7-6-8-11-19/h5-8,10-11,16,20H,1,9,12-15,17-18,23H2,2-4H3/b21-16-/t20-/m0/s1. The molecule has 0 unspecified atom stereocenters. The molecule has 1 heterocycles. The second-order valence-electron chi connectivity index (χ2n) is 8.48. The van der Waals surface area contributed by atoms with E-state index in [4.69, 9.17) is 15.2 Å². The number of carbonyl (C=O) groups excluding carboxylic acids is 1. The molecule has 1 aromatic carbocycles. The summed E-state index contributed by atoms with van der Waals surface area (Å²) in [5.74, 6) is 0. The first-order chi connectivity index (χ1) is 13.9. The zero-order chi connectivity index (χ0) is 21.3. The monoisotopic (exact) mass is 417 g/mol. The molecule has 0 radical (unpaired) electrons. The third kappa shape index (κ3) is 7.25. The molecule has 6 nitrogen and oxygen atoms in total. The van der Waals surface area contributed by atoms with Crippen LogP contribution < -0.4 is 5.73 Å². The third-order valence-electron chi connectivity index (χ3n) is 4.98. The van der Waals surface area contributed by atoms with Crippen molar-refractivity contribution in [2.45, 2.75) is 51.2 Å². The van der Waals surface area contributed by atoms with Crippen LogP contribution in [0.2, 0.25) is 25.7 Å². The van der Waals surface area contributed by atoms with E-state index >= 15 is 0 Å². The molecule has 1 amide bonds. The molecule has 1 aromatic rings. The summed E-state index contributed by atoms with van der Waals surface area (Å²) in [5.41, 5.74) is 7.74. The summed E-state index contributed by atoms with van der Waals surface area (Å²) in [6, 6.07) is 10.6. The molecule has 1 aliphatic heterocycles. The number of hydrogen-bond acceptors (Lipinski definition) is 5. The van der Waals surface area contributed by atoms with Gasteiger partial charge in [-0.05, 0) is 30.6 Å². The van der Waals surface area contributed by atoms with E-state index in [0.29, 0.717) is 19.9 Å². The summed E-state index contributed by atoms with van der Waals surface area (Å²) in [7, 11) is -1.14. The quantitative estimate of drug-likeness (QED) is 0.348. The molecule has 7 heteroatoms. The number of benzene rings is 1. The van der Waals surface area contributed by atoms with Crippen molar-refractivity contribution in [1.29, 1.82) is 0 Å². The van der Waals surface area contributed by atoms with Gasteiger partial charge >= 0.3 is 6.09 Å². The number of ether oxygens (including phenoxy) is 2. The third-order valence-corrected chi connectivity index (χ3v) is 6.69. The number of likely N-dealkylation sites (tertiary alicyclic amines) is 1. The molecule has 1 saturated heterocycles. The Morgan fingerprint density at radius 2 is 2.07 bits per heavy atom. The molecule has 1 atom stereocenters. The van der Waals surface area contributed by atoms with Gasteiger partial charge in [-0.25, -0.2) is 4.79 Å². The van der Waals surface area contributed by atoms with Crippen LogP contribution in [0.4, 0.5) is 4.79 Å². The van der Waals surface area contributed by atoms with Crippen molar-refractivity contribution < 1.29 is 14.3 Å². The van der Waals surface area contributed by atoms with Gasteiger partial charge in [-0.3, -0.25) is 4.90 Å². The highest BCUT2D eigenvalue weighted by Crippen LogP contribution is 2.27. The Hall–Kier alpha value is -2.25. The molecule has 1 aliphatic rings. The van der Waals surface area contributed by atoms with Crippen molar-refractivity contribution in [2.75, 3.05) is 19.9 Å². The first-order valence-electron chi connectivity index (χ1n) is 10.2. The van der Waals surface area contributed by atoms with Crippen molar-refractivity contribution in [3.8, 4) is 0 Å². The fourth-order valence-corrected chi connectivity index (χ4v) is 4.02. The molecule has 29 heavy (non-hydrogen) atoms. The molecule has 0 bridgehead atoms. The average molecular weight is 418 g/mol. The number of rotatable bonds is 10. The Kier molecular flexibility index (Phi) is 8.79. The Bertz CT molecular complexity index is 688. The van der Waals surface area contributed by atoms with Gasteiger partial charge in [-0.15, -0.1) is 0 Å². The van der Waals surface area contributed by atoms with Gasteiger partial charge in [-0.1, -0.05) is 56.6 Å². The number of carbonyl (C=O) groups is 1. The van der Waals surface area contributed by atoms with Crippen LogP contribution in [-0.2, 0) is 16.1 Å². The van der Waals surface area contributed by atoms with Gasteiger partial charge in [0.25, 0.3) is 0 Å². The van der Waals surface area contributed by atoms with E-state index in [1.807, 2.05) is 35.2 Å². The summed E-state index contributed by atoms with van der Waals surface area (Å²) in [5, 5.41) is 0. The van der Waals surface area contributed by atoms with E-state index in [1.54, 1.807) is 17.3 Å². The van der Waals surface area contributed by atoms with Crippen LogP contribution in [0.1, 0.15) is 18.4 Å². The second kappa shape index (κ2) is 11.1. The largest absolute Gasteiger partial charge is 0.445 e. The minimum Gasteiger partial charge on any atom is -0.445 e. The predicted molar refractivity (Wildman–Crippen MR) is 120 cm³/mol. The fourth-order valence-electron chi connectivity index (χ4n) is 3.27. The topological polar surface area (TPSA) is 68.0 Å². The summed E-state index contributed by atoms with van der Waals surface area (Å²) < 4.78 is 11.4. The average Bonchev–Trinajstić information content (AvgIpc) is 3.18. The second-order valence-corrected chi connectivity index (χ2v) is 14.1. The summed E-state index contributed by atoms with van der Waals surface area (Å²) in [6.45, 7) is 12.9. The summed E-state index contributed by atoms with van der Waals surface area (Å²) >= 11 is 0. The highest BCUT2D eigenvalue weighted by molar-refractivity contribution is 6.76.